The van der Waals surface area contributed by atoms with Gasteiger partial charge >= 0.3 is 0 Å². The predicted octanol–water partition coefficient (Wildman–Crippen LogP) is 4.90. The van der Waals surface area contributed by atoms with Crippen LogP contribution in [0.1, 0.15) is 53.6 Å². The molecule has 1 amide bonds. The first kappa shape index (κ1) is 22.1. The SMILES string of the molecule is C=C.CNC(=O)c1ccccc1C(C)c1ccc(N2CCCCC2)c([N+](=O)[O-])c1. The highest BCUT2D eigenvalue weighted by molar-refractivity contribution is 5.95. The average molecular weight is 396 g/mol. The molecule has 1 heterocycles. The first-order valence-electron chi connectivity index (χ1n) is 9.87. The minimum Gasteiger partial charge on any atom is -0.366 e. The van der Waals surface area contributed by atoms with Crippen molar-refractivity contribution in [3.8, 4) is 0 Å². The number of nitro benzene ring substituents is 1. The largest absolute Gasteiger partial charge is 0.366 e. The maximum atomic E-state index is 12.2. The number of anilines is 1. The molecule has 1 saturated heterocycles. The van der Waals surface area contributed by atoms with Crippen molar-refractivity contribution in [2.75, 3.05) is 25.0 Å². The standard InChI is InChI=1S/C21H25N3O3.C2H4/c1-15(17-8-4-5-9-18(17)21(25)22-2)16-10-11-19(20(14-16)24(26)27)23-12-6-3-7-13-23;1-2/h4-5,8-11,14-15H,3,6-7,12-13H2,1-2H3,(H,22,25);1-2H2. The van der Waals surface area contributed by atoms with Crippen LogP contribution < -0.4 is 10.2 Å². The van der Waals surface area contributed by atoms with Crippen molar-refractivity contribution >= 4 is 17.3 Å². The van der Waals surface area contributed by atoms with E-state index in [4.69, 9.17) is 0 Å². The zero-order valence-corrected chi connectivity index (χ0v) is 17.2. The van der Waals surface area contributed by atoms with Crippen LogP contribution in [0.3, 0.4) is 0 Å². The van der Waals surface area contributed by atoms with Crippen molar-refractivity contribution in [3.63, 3.8) is 0 Å². The van der Waals surface area contributed by atoms with Crippen molar-refractivity contribution in [3.05, 3.63) is 82.4 Å². The number of nitrogens with zero attached hydrogens (tertiary/aromatic N) is 2. The highest BCUT2D eigenvalue weighted by Crippen LogP contribution is 2.35. The molecule has 0 spiro atoms. The fraction of sp³-hybridized carbons (Fsp3) is 0.348. The average Bonchev–Trinajstić information content (AvgIpc) is 2.79. The molecule has 0 aliphatic carbocycles. The molecule has 1 aliphatic heterocycles. The number of carbonyl (C=O) groups excluding carboxylic acids is 1. The van der Waals surface area contributed by atoms with Crippen LogP contribution in [-0.4, -0.2) is 31.0 Å². The molecule has 2 aromatic rings. The fourth-order valence-corrected chi connectivity index (χ4v) is 3.75. The molecule has 0 aromatic heterocycles. The lowest BCUT2D eigenvalue weighted by Gasteiger charge is -2.28. The van der Waals surface area contributed by atoms with E-state index in [0.29, 0.717) is 11.3 Å². The molecule has 1 unspecified atom stereocenters. The zero-order valence-electron chi connectivity index (χ0n) is 17.2. The van der Waals surface area contributed by atoms with Gasteiger partial charge in [-0.25, -0.2) is 0 Å². The Morgan fingerprint density at radius 3 is 2.41 bits per heavy atom. The Bertz CT molecular complexity index is 860. The second-order valence-corrected chi connectivity index (χ2v) is 6.94. The minimum absolute atomic E-state index is 0.132. The lowest BCUT2D eigenvalue weighted by Crippen LogP contribution is -2.30. The molecule has 154 valence electrons. The quantitative estimate of drug-likeness (QED) is 0.444. The van der Waals surface area contributed by atoms with Crippen LogP contribution in [0, 0.1) is 10.1 Å². The second kappa shape index (κ2) is 10.4. The lowest BCUT2D eigenvalue weighted by atomic mass is 9.89. The monoisotopic (exact) mass is 395 g/mol. The third-order valence-electron chi connectivity index (χ3n) is 5.29. The van der Waals surface area contributed by atoms with Gasteiger partial charge in [0.1, 0.15) is 5.69 Å². The summed E-state index contributed by atoms with van der Waals surface area (Å²) in [6.07, 6.45) is 3.30. The van der Waals surface area contributed by atoms with Crippen LogP contribution in [0.4, 0.5) is 11.4 Å². The van der Waals surface area contributed by atoms with Crippen molar-refractivity contribution in [2.45, 2.75) is 32.1 Å². The van der Waals surface area contributed by atoms with E-state index in [-0.39, 0.29) is 22.4 Å². The minimum atomic E-state index is -0.301. The van der Waals surface area contributed by atoms with Gasteiger partial charge in [-0.2, -0.15) is 0 Å². The molecule has 1 aliphatic rings. The molecule has 1 N–H and O–H groups in total. The maximum Gasteiger partial charge on any atom is 0.292 e. The summed E-state index contributed by atoms with van der Waals surface area (Å²) in [6.45, 7) is 9.69. The first-order chi connectivity index (χ1) is 14.0. The van der Waals surface area contributed by atoms with Crippen molar-refractivity contribution in [2.24, 2.45) is 0 Å². The van der Waals surface area contributed by atoms with Crippen LogP contribution >= 0.6 is 0 Å². The summed E-state index contributed by atoms with van der Waals surface area (Å²) in [5.74, 6) is -0.288. The highest BCUT2D eigenvalue weighted by atomic mass is 16.6. The van der Waals surface area contributed by atoms with Gasteiger partial charge in [-0.1, -0.05) is 31.2 Å². The molecular weight excluding hydrogens is 366 g/mol. The van der Waals surface area contributed by atoms with Gasteiger partial charge < -0.3 is 10.2 Å². The Labute approximate surface area is 172 Å². The summed E-state index contributed by atoms with van der Waals surface area (Å²) in [6, 6.07) is 12.9. The van der Waals surface area contributed by atoms with Crippen LogP contribution in [0.15, 0.2) is 55.6 Å². The Balaban J connectivity index is 0.00000145. The van der Waals surface area contributed by atoms with Gasteiger partial charge in [-0.3, -0.25) is 14.9 Å². The molecule has 1 atom stereocenters. The second-order valence-electron chi connectivity index (χ2n) is 6.94. The summed E-state index contributed by atoms with van der Waals surface area (Å²) >= 11 is 0. The number of rotatable bonds is 5. The van der Waals surface area contributed by atoms with Gasteiger partial charge in [0.15, 0.2) is 0 Å². The molecule has 1 fully saturated rings. The third-order valence-corrected chi connectivity index (χ3v) is 5.29. The summed E-state index contributed by atoms with van der Waals surface area (Å²) in [5.41, 5.74) is 3.11. The summed E-state index contributed by atoms with van der Waals surface area (Å²) in [5, 5.41) is 14.4. The topological polar surface area (TPSA) is 75.5 Å². The number of hydrogen-bond donors (Lipinski definition) is 1. The van der Waals surface area contributed by atoms with E-state index in [9.17, 15) is 14.9 Å². The number of benzene rings is 2. The highest BCUT2D eigenvalue weighted by Gasteiger charge is 2.24. The first-order valence-corrected chi connectivity index (χ1v) is 9.87. The predicted molar refractivity (Wildman–Crippen MR) is 118 cm³/mol. The summed E-state index contributed by atoms with van der Waals surface area (Å²) in [4.78, 5) is 25.7. The van der Waals surface area contributed by atoms with Crippen LogP contribution in [-0.2, 0) is 0 Å². The van der Waals surface area contributed by atoms with E-state index in [2.05, 4.69) is 23.4 Å². The van der Waals surface area contributed by atoms with Gasteiger partial charge in [-0.05, 0) is 42.5 Å². The van der Waals surface area contributed by atoms with Gasteiger partial charge in [-0.15, -0.1) is 13.2 Å². The van der Waals surface area contributed by atoms with Crippen LogP contribution in [0.2, 0.25) is 0 Å². The Hall–Kier alpha value is -3.15. The fourth-order valence-electron chi connectivity index (χ4n) is 3.75. The molecule has 0 bridgehead atoms. The van der Waals surface area contributed by atoms with Gasteiger partial charge in [0, 0.05) is 37.7 Å². The Morgan fingerprint density at radius 1 is 1.14 bits per heavy atom. The van der Waals surface area contributed by atoms with E-state index in [1.807, 2.05) is 37.3 Å². The molecule has 0 radical (unpaired) electrons. The Kier molecular flexibility index (Phi) is 7.95. The summed E-state index contributed by atoms with van der Waals surface area (Å²) in [7, 11) is 1.60. The summed E-state index contributed by atoms with van der Waals surface area (Å²) < 4.78 is 0. The van der Waals surface area contributed by atoms with E-state index >= 15 is 0 Å². The van der Waals surface area contributed by atoms with Crippen LogP contribution in [0.25, 0.3) is 0 Å². The lowest BCUT2D eigenvalue weighted by molar-refractivity contribution is -0.384. The molecule has 0 saturated carbocycles. The molecule has 2 aromatic carbocycles. The number of nitrogens with one attached hydrogen (secondary N) is 1. The van der Waals surface area contributed by atoms with E-state index in [0.717, 1.165) is 37.1 Å². The maximum absolute atomic E-state index is 12.2. The van der Waals surface area contributed by atoms with Crippen LogP contribution in [0.5, 0.6) is 0 Å². The molecular formula is C23H29N3O3. The van der Waals surface area contributed by atoms with Gasteiger partial charge in [0.2, 0.25) is 0 Å². The Morgan fingerprint density at radius 2 is 1.79 bits per heavy atom. The van der Waals surface area contributed by atoms with Crippen molar-refractivity contribution < 1.29 is 9.72 Å². The number of carbonyl (C=O) groups is 1. The smallest absolute Gasteiger partial charge is 0.292 e. The van der Waals surface area contributed by atoms with E-state index in [1.54, 1.807) is 19.2 Å². The normalized spacial score (nSPS) is 14.3. The molecule has 6 nitrogen and oxygen atoms in total. The number of hydrogen-bond acceptors (Lipinski definition) is 4. The molecule has 6 heteroatoms. The third kappa shape index (κ3) is 5.02. The van der Waals surface area contributed by atoms with Gasteiger partial charge in [0.05, 0.1) is 4.92 Å². The number of piperidine rings is 1. The van der Waals surface area contributed by atoms with E-state index < -0.39 is 0 Å². The van der Waals surface area contributed by atoms with E-state index in [1.165, 1.54) is 6.42 Å². The van der Waals surface area contributed by atoms with Crippen molar-refractivity contribution in [1.29, 1.82) is 0 Å². The molecule has 29 heavy (non-hydrogen) atoms. The zero-order chi connectivity index (χ0) is 21.4. The van der Waals surface area contributed by atoms with Gasteiger partial charge in [0.25, 0.3) is 11.6 Å². The number of amides is 1. The number of nitro groups is 1. The molecule has 3 rings (SSSR count). The van der Waals surface area contributed by atoms with Crippen molar-refractivity contribution in [1.82, 2.24) is 5.32 Å².